The maximum atomic E-state index is 12.6. The monoisotopic (exact) mass is 361 g/mol. The Balaban J connectivity index is 1.82. The topological polar surface area (TPSA) is 46.6 Å². The molecule has 0 amide bonds. The second-order valence-electron chi connectivity index (χ2n) is 6.88. The quantitative estimate of drug-likeness (QED) is 0.457. The zero-order valence-electron chi connectivity index (χ0n) is 14.5. The smallest absolute Gasteiger partial charge is 0.310 e. The molecular formula is C20H24ClNO3. The summed E-state index contributed by atoms with van der Waals surface area (Å²) in [5.41, 5.74) is 1.57. The van der Waals surface area contributed by atoms with Crippen molar-refractivity contribution >= 4 is 23.4 Å². The number of ether oxygens (including phenoxy) is 1. The maximum absolute atomic E-state index is 12.6. The second-order valence-corrected chi connectivity index (χ2v) is 7.31. The Morgan fingerprint density at radius 3 is 2.48 bits per heavy atom. The molecule has 0 N–H and O–H groups in total. The van der Waals surface area contributed by atoms with E-state index >= 15 is 0 Å². The van der Waals surface area contributed by atoms with E-state index < -0.39 is 0 Å². The third-order valence-corrected chi connectivity index (χ3v) is 5.47. The van der Waals surface area contributed by atoms with Gasteiger partial charge < -0.3 is 9.64 Å². The molecule has 1 aromatic rings. The Morgan fingerprint density at radius 1 is 1.16 bits per heavy atom. The summed E-state index contributed by atoms with van der Waals surface area (Å²) in [5, 5.41) is 0.611. The molecule has 1 aliphatic carbocycles. The van der Waals surface area contributed by atoms with Crippen molar-refractivity contribution in [2.75, 3.05) is 13.7 Å². The summed E-state index contributed by atoms with van der Waals surface area (Å²) in [6, 6.07) is 7.34. The van der Waals surface area contributed by atoms with Crippen molar-refractivity contribution < 1.29 is 14.3 Å². The standard InChI is InChI=1S/C20H24ClNO3/c1-25-20(24)15-11-18(22(13-15)17-5-3-2-4-6-17)12-19(23)14-7-9-16(21)10-8-14/h7-10,12,15,17H,2-6,11,13H2,1H3/b18-12-. The summed E-state index contributed by atoms with van der Waals surface area (Å²) >= 11 is 5.89. The average molecular weight is 362 g/mol. The van der Waals surface area contributed by atoms with Crippen LogP contribution in [0, 0.1) is 5.92 Å². The third kappa shape index (κ3) is 4.24. The molecule has 0 aromatic heterocycles. The highest BCUT2D eigenvalue weighted by atomic mass is 35.5. The van der Waals surface area contributed by atoms with Crippen LogP contribution in [-0.2, 0) is 9.53 Å². The number of ketones is 1. The van der Waals surface area contributed by atoms with E-state index in [2.05, 4.69) is 4.90 Å². The van der Waals surface area contributed by atoms with Gasteiger partial charge in [0.05, 0.1) is 13.0 Å². The van der Waals surface area contributed by atoms with Gasteiger partial charge in [-0.25, -0.2) is 0 Å². The molecule has 2 aliphatic rings. The minimum absolute atomic E-state index is 0.0435. The first-order valence-electron chi connectivity index (χ1n) is 8.93. The van der Waals surface area contributed by atoms with Gasteiger partial charge in [0.15, 0.2) is 5.78 Å². The van der Waals surface area contributed by atoms with Crippen molar-refractivity contribution in [1.82, 2.24) is 4.90 Å². The summed E-state index contributed by atoms with van der Waals surface area (Å²) in [5.74, 6) is -0.419. The van der Waals surface area contributed by atoms with Gasteiger partial charge in [-0.1, -0.05) is 30.9 Å². The zero-order chi connectivity index (χ0) is 17.8. The summed E-state index contributed by atoms with van der Waals surface area (Å²) in [4.78, 5) is 26.9. The molecule has 1 saturated heterocycles. The van der Waals surface area contributed by atoms with E-state index in [1.807, 2.05) is 0 Å². The first kappa shape index (κ1) is 18.0. The van der Waals surface area contributed by atoms with Crippen LogP contribution in [-0.4, -0.2) is 36.3 Å². The number of nitrogens with zero attached hydrogens (tertiary/aromatic N) is 1. The summed E-state index contributed by atoms with van der Waals surface area (Å²) in [6.07, 6.45) is 8.21. The normalized spacial score (nSPS) is 23.0. The van der Waals surface area contributed by atoms with E-state index in [4.69, 9.17) is 16.3 Å². The lowest BCUT2D eigenvalue weighted by Gasteiger charge is -2.33. The minimum atomic E-state index is -0.192. The van der Waals surface area contributed by atoms with Crippen molar-refractivity contribution in [3.8, 4) is 0 Å². The largest absolute Gasteiger partial charge is 0.469 e. The first-order valence-corrected chi connectivity index (χ1v) is 9.31. The van der Waals surface area contributed by atoms with Gasteiger partial charge >= 0.3 is 5.97 Å². The molecule has 134 valence electrons. The first-order chi connectivity index (χ1) is 12.1. The van der Waals surface area contributed by atoms with E-state index in [0.717, 1.165) is 18.5 Å². The number of halogens is 1. The van der Waals surface area contributed by atoms with Crippen LogP contribution in [0.1, 0.15) is 48.9 Å². The number of esters is 1. The molecule has 1 aliphatic heterocycles. The molecule has 25 heavy (non-hydrogen) atoms. The Labute approximate surface area is 153 Å². The molecule has 2 fully saturated rings. The van der Waals surface area contributed by atoms with E-state index in [1.165, 1.54) is 26.4 Å². The van der Waals surface area contributed by atoms with Gasteiger partial charge in [0.1, 0.15) is 0 Å². The van der Waals surface area contributed by atoms with Crippen molar-refractivity contribution in [3.63, 3.8) is 0 Å². The molecule has 0 radical (unpaired) electrons. The van der Waals surface area contributed by atoms with Crippen LogP contribution in [0.2, 0.25) is 5.02 Å². The van der Waals surface area contributed by atoms with Gasteiger partial charge in [-0.15, -0.1) is 0 Å². The van der Waals surface area contributed by atoms with Gasteiger partial charge in [-0.3, -0.25) is 9.59 Å². The summed E-state index contributed by atoms with van der Waals surface area (Å²) < 4.78 is 4.93. The van der Waals surface area contributed by atoms with Crippen LogP contribution in [0.4, 0.5) is 0 Å². The number of carbonyl (C=O) groups excluding carboxylic acids is 2. The molecule has 1 heterocycles. The molecular weight excluding hydrogens is 338 g/mol. The maximum Gasteiger partial charge on any atom is 0.310 e. The number of benzene rings is 1. The number of allylic oxidation sites excluding steroid dienone is 2. The van der Waals surface area contributed by atoms with Crippen molar-refractivity contribution in [2.45, 2.75) is 44.6 Å². The second kappa shape index (κ2) is 8.05. The minimum Gasteiger partial charge on any atom is -0.469 e. The van der Waals surface area contributed by atoms with Gasteiger partial charge in [0, 0.05) is 41.4 Å². The lowest BCUT2D eigenvalue weighted by Crippen LogP contribution is -2.35. The lowest BCUT2D eigenvalue weighted by molar-refractivity contribution is -0.145. The van der Waals surface area contributed by atoms with Gasteiger partial charge in [0.2, 0.25) is 0 Å². The Hall–Kier alpha value is -1.81. The Kier molecular flexibility index (Phi) is 5.79. The van der Waals surface area contributed by atoms with Crippen LogP contribution in [0.15, 0.2) is 36.0 Å². The van der Waals surface area contributed by atoms with Crippen molar-refractivity contribution in [2.24, 2.45) is 5.92 Å². The predicted octanol–water partition coefficient (Wildman–Crippen LogP) is 4.23. The molecule has 1 aromatic carbocycles. The fourth-order valence-corrected chi connectivity index (χ4v) is 4.01. The number of likely N-dealkylation sites (tertiary alicyclic amines) is 1. The van der Waals surface area contributed by atoms with Gasteiger partial charge in [0.25, 0.3) is 0 Å². The van der Waals surface area contributed by atoms with Crippen LogP contribution in [0.25, 0.3) is 0 Å². The predicted molar refractivity (Wildman–Crippen MR) is 97.6 cm³/mol. The Morgan fingerprint density at radius 2 is 1.84 bits per heavy atom. The van der Waals surface area contributed by atoms with Gasteiger partial charge in [-0.2, -0.15) is 0 Å². The molecule has 4 nitrogen and oxygen atoms in total. The lowest BCUT2D eigenvalue weighted by atomic mass is 9.94. The van der Waals surface area contributed by atoms with E-state index in [1.54, 1.807) is 30.3 Å². The van der Waals surface area contributed by atoms with Crippen LogP contribution < -0.4 is 0 Å². The molecule has 0 spiro atoms. The molecule has 0 bridgehead atoms. The fourth-order valence-electron chi connectivity index (χ4n) is 3.88. The number of rotatable bonds is 4. The van der Waals surface area contributed by atoms with Crippen LogP contribution >= 0.6 is 11.6 Å². The molecule has 1 saturated carbocycles. The zero-order valence-corrected chi connectivity index (χ0v) is 15.3. The fraction of sp³-hybridized carbons (Fsp3) is 0.500. The average Bonchev–Trinajstić information content (AvgIpc) is 3.06. The van der Waals surface area contributed by atoms with Gasteiger partial charge in [-0.05, 0) is 37.1 Å². The summed E-state index contributed by atoms with van der Waals surface area (Å²) in [6.45, 7) is 0.650. The molecule has 5 heteroatoms. The van der Waals surface area contributed by atoms with Crippen molar-refractivity contribution in [3.05, 3.63) is 46.6 Å². The van der Waals surface area contributed by atoms with Crippen molar-refractivity contribution in [1.29, 1.82) is 0 Å². The van der Waals surface area contributed by atoms with Crippen LogP contribution in [0.5, 0.6) is 0 Å². The van der Waals surface area contributed by atoms with E-state index in [0.29, 0.717) is 29.6 Å². The molecule has 3 rings (SSSR count). The van der Waals surface area contributed by atoms with Crippen LogP contribution in [0.3, 0.4) is 0 Å². The highest BCUT2D eigenvalue weighted by Crippen LogP contribution is 2.34. The number of hydrogen-bond acceptors (Lipinski definition) is 4. The Bertz CT molecular complexity index is 662. The van der Waals surface area contributed by atoms with E-state index in [9.17, 15) is 9.59 Å². The summed E-state index contributed by atoms with van der Waals surface area (Å²) in [7, 11) is 1.42. The highest BCUT2D eigenvalue weighted by Gasteiger charge is 2.36. The SMILES string of the molecule is COC(=O)C1C/C(=C/C(=O)c2ccc(Cl)cc2)N(C2CCCCC2)C1. The molecule has 1 unspecified atom stereocenters. The number of carbonyl (C=O) groups is 2. The number of methoxy groups -OCH3 is 1. The molecule has 1 atom stereocenters. The number of hydrogen-bond donors (Lipinski definition) is 0. The highest BCUT2D eigenvalue weighted by molar-refractivity contribution is 6.30. The van der Waals surface area contributed by atoms with E-state index in [-0.39, 0.29) is 17.7 Å². The third-order valence-electron chi connectivity index (χ3n) is 5.22.